The van der Waals surface area contributed by atoms with Crippen LogP contribution in [0.5, 0.6) is 0 Å². The third-order valence-corrected chi connectivity index (χ3v) is 7.67. The van der Waals surface area contributed by atoms with E-state index in [9.17, 15) is 0 Å². The summed E-state index contributed by atoms with van der Waals surface area (Å²) in [4.78, 5) is 0. The first-order chi connectivity index (χ1) is 10.9. The van der Waals surface area contributed by atoms with E-state index < -0.39 is 0 Å². The highest BCUT2D eigenvalue weighted by atomic mass is 15.0. The first kappa shape index (κ1) is 13.6. The molecule has 5 rings (SSSR count). The molecule has 22 heavy (non-hydrogen) atoms. The van der Waals surface area contributed by atoms with E-state index in [1.54, 1.807) is 11.1 Å². The Morgan fingerprint density at radius 2 is 1.64 bits per heavy atom. The fourth-order valence-corrected chi connectivity index (χ4v) is 6.66. The standard InChI is InChI=1S/C21H29N/c1-2-8-15(7-1)21(12-6-13-21)19-17-10-4-3-9-16(17)18-11-5-14-22-20(18)19/h3-4,9-10,15,18-20,22H,1-2,5-8,11-14H2. The van der Waals surface area contributed by atoms with Crippen molar-refractivity contribution >= 4 is 0 Å². The van der Waals surface area contributed by atoms with E-state index in [4.69, 9.17) is 0 Å². The Balaban J connectivity index is 1.60. The lowest BCUT2D eigenvalue weighted by atomic mass is 9.52. The molecule has 3 fully saturated rings. The van der Waals surface area contributed by atoms with Crippen LogP contribution in [0.3, 0.4) is 0 Å². The molecule has 1 aromatic carbocycles. The lowest BCUT2D eigenvalue weighted by molar-refractivity contribution is 0.00302. The summed E-state index contributed by atoms with van der Waals surface area (Å²) in [6.45, 7) is 1.24. The van der Waals surface area contributed by atoms with Crippen LogP contribution >= 0.6 is 0 Å². The van der Waals surface area contributed by atoms with Crippen LogP contribution in [-0.4, -0.2) is 12.6 Å². The second kappa shape index (κ2) is 5.09. The lowest BCUT2D eigenvalue weighted by Crippen LogP contribution is -2.51. The van der Waals surface area contributed by atoms with Gasteiger partial charge in [-0.25, -0.2) is 0 Å². The van der Waals surface area contributed by atoms with Crippen LogP contribution in [0.4, 0.5) is 0 Å². The van der Waals surface area contributed by atoms with Gasteiger partial charge >= 0.3 is 0 Å². The molecule has 1 aliphatic heterocycles. The van der Waals surface area contributed by atoms with Crippen molar-refractivity contribution in [2.24, 2.45) is 11.3 Å². The summed E-state index contributed by atoms with van der Waals surface area (Å²) in [5.74, 6) is 2.63. The molecule has 0 amide bonds. The molecule has 0 radical (unpaired) electrons. The Kier molecular flexibility index (Phi) is 3.15. The van der Waals surface area contributed by atoms with Crippen LogP contribution in [0.2, 0.25) is 0 Å². The smallest absolute Gasteiger partial charge is 0.0210 e. The van der Waals surface area contributed by atoms with Crippen molar-refractivity contribution in [2.75, 3.05) is 6.54 Å². The predicted octanol–water partition coefficient (Wildman–Crippen LogP) is 4.98. The molecular formula is C21H29N. The first-order valence-corrected chi connectivity index (χ1v) is 9.72. The SMILES string of the molecule is c1ccc2c(c1)C1CCCNC1C2C1(C2CCCC2)CCC1. The van der Waals surface area contributed by atoms with Gasteiger partial charge < -0.3 is 5.32 Å². The van der Waals surface area contributed by atoms with Crippen molar-refractivity contribution < 1.29 is 0 Å². The second-order valence-corrected chi connectivity index (χ2v) is 8.40. The highest BCUT2D eigenvalue weighted by Crippen LogP contribution is 2.65. The van der Waals surface area contributed by atoms with Crippen LogP contribution < -0.4 is 5.32 Å². The van der Waals surface area contributed by atoms with Gasteiger partial charge in [-0.15, -0.1) is 0 Å². The highest BCUT2D eigenvalue weighted by Gasteiger charge is 2.57. The average Bonchev–Trinajstić information content (AvgIpc) is 3.15. The van der Waals surface area contributed by atoms with Crippen molar-refractivity contribution in [3.8, 4) is 0 Å². The molecule has 1 heteroatoms. The van der Waals surface area contributed by atoms with Gasteiger partial charge in [0, 0.05) is 17.9 Å². The van der Waals surface area contributed by atoms with Crippen LogP contribution in [0.25, 0.3) is 0 Å². The maximum absolute atomic E-state index is 3.98. The van der Waals surface area contributed by atoms with E-state index in [2.05, 4.69) is 29.6 Å². The molecule has 3 atom stereocenters. The molecule has 2 saturated carbocycles. The monoisotopic (exact) mass is 295 g/mol. The Bertz CT molecular complexity index is 553. The van der Waals surface area contributed by atoms with Gasteiger partial charge in [0.05, 0.1) is 0 Å². The highest BCUT2D eigenvalue weighted by molar-refractivity contribution is 5.44. The molecule has 3 unspecified atom stereocenters. The summed E-state index contributed by atoms with van der Waals surface area (Å²) in [5.41, 5.74) is 4.09. The third-order valence-electron chi connectivity index (χ3n) is 7.67. The van der Waals surface area contributed by atoms with E-state index in [1.165, 1.54) is 64.3 Å². The zero-order valence-corrected chi connectivity index (χ0v) is 13.7. The number of piperidine rings is 1. The topological polar surface area (TPSA) is 12.0 Å². The molecule has 0 spiro atoms. The summed E-state index contributed by atoms with van der Waals surface area (Å²) in [6.07, 6.45) is 13.2. The van der Waals surface area contributed by atoms with Crippen molar-refractivity contribution in [3.05, 3.63) is 35.4 Å². The van der Waals surface area contributed by atoms with Crippen molar-refractivity contribution in [3.63, 3.8) is 0 Å². The number of hydrogen-bond acceptors (Lipinski definition) is 1. The molecular weight excluding hydrogens is 266 g/mol. The summed E-state index contributed by atoms with van der Waals surface area (Å²) >= 11 is 0. The molecule has 4 aliphatic rings. The van der Waals surface area contributed by atoms with Crippen LogP contribution in [-0.2, 0) is 0 Å². The van der Waals surface area contributed by atoms with Crippen molar-refractivity contribution in [1.29, 1.82) is 0 Å². The van der Waals surface area contributed by atoms with Gasteiger partial charge in [0.2, 0.25) is 0 Å². The lowest BCUT2D eigenvalue weighted by Gasteiger charge is -2.54. The van der Waals surface area contributed by atoms with Crippen molar-refractivity contribution in [1.82, 2.24) is 5.32 Å². The van der Waals surface area contributed by atoms with E-state index in [1.807, 2.05) is 0 Å². The zero-order chi connectivity index (χ0) is 14.6. The van der Waals surface area contributed by atoms with E-state index in [0.29, 0.717) is 5.41 Å². The molecule has 118 valence electrons. The largest absolute Gasteiger partial charge is 0.313 e. The van der Waals surface area contributed by atoms with Gasteiger partial charge in [0.1, 0.15) is 0 Å². The van der Waals surface area contributed by atoms with E-state index in [0.717, 1.165) is 23.8 Å². The Morgan fingerprint density at radius 3 is 2.36 bits per heavy atom. The van der Waals surface area contributed by atoms with Crippen LogP contribution in [0, 0.1) is 11.3 Å². The van der Waals surface area contributed by atoms with E-state index in [-0.39, 0.29) is 0 Å². The van der Waals surface area contributed by atoms with Crippen LogP contribution in [0.15, 0.2) is 24.3 Å². The molecule has 1 N–H and O–H groups in total. The molecule has 0 bridgehead atoms. The Labute approximate surface area is 134 Å². The molecule has 3 aliphatic carbocycles. The number of fused-ring (bicyclic) bond motifs is 3. The minimum absolute atomic E-state index is 0.649. The zero-order valence-electron chi connectivity index (χ0n) is 13.7. The Morgan fingerprint density at radius 1 is 0.864 bits per heavy atom. The summed E-state index contributed by atoms with van der Waals surface area (Å²) in [5, 5.41) is 3.98. The average molecular weight is 295 g/mol. The summed E-state index contributed by atoms with van der Waals surface area (Å²) in [6, 6.07) is 10.2. The summed E-state index contributed by atoms with van der Waals surface area (Å²) in [7, 11) is 0. The van der Waals surface area contributed by atoms with Gasteiger partial charge in [-0.05, 0) is 67.5 Å². The number of rotatable bonds is 2. The molecule has 1 aromatic rings. The maximum Gasteiger partial charge on any atom is 0.0210 e. The number of nitrogens with one attached hydrogen (secondary N) is 1. The van der Waals surface area contributed by atoms with Gasteiger partial charge in [0.15, 0.2) is 0 Å². The first-order valence-electron chi connectivity index (χ1n) is 9.72. The quantitative estimate of drug-likeness (QED) is 0.811. The molecule has 1 saturated heterocycles. The van der Waals surface area contributed by atoms with E-state index >= 15 is 0 Å². The third kappa shape index (κ3) is 1.75. The predicted molar refractivity (Wildman–Crippen MR) is 91.2 cm³/mol. The van der Waals surface area contributed by atoms with Gasteiger partial charge in [-0.1, -0.05) is 43.5 Å². The summed E-state index contributed by atoms with van der Waals surface area (Å²) < 4.78 is 0. The fraction of sp³-hybridized carbons (Fsp3) is 0.714. The van der Waals surface area contributed by atoms with Gasteiger partial charge in [0.25, 0.3) is 0 Å². The number of benzene rings is 1. The maximum atomic E-state index is 3.98. The normalized spacial score (nSPS) is 36.6. The molecule has 1 heterocycles. The Hall–Kier alpha value is -0.820. The minimum atomic E-state index is 0.649. The fourth-order valence-electron chi connectivity index (χ4n) is 6.66. The molecule has 1 nitrogen and oxygen atoms in total. The van der Waals surface area contributed by atoms with Crippen LogP contribution in [0.1, 0.15) is 80.8 Å². The van der Waals surface area contributed by atoms with Gasteiger partial charge in [-0.2, -0.15) is 0 Å². The van der Waals surface area contributed by atoms with Gasteiger partial charge in [-0.3, -0.25) is 0 Å². The second-order valence-electron chi connectivity index (χ2n) is 8.40. The minimum Gasteiger partial charge on any atom is -0.313 e. The van der Waals surface area contributed by atoms with Crippen molar-refractivity contribution in [2.45, 2.75) is 75.7 Å². The molecule has 0 aromatic heterocycles. The number of hydrogen-bond donors (Lipinski definition) is 1.